The SMILES string of the molecule is COc1cccc(C(=[N+]=[N-])C(=O)OC[C@H]2OC[C@@H](O)[C@@H]2O)c1. The fourth-order valence-electron chi connectivity index (χ4n) is 2.03. The normalized spacial score (nSPS) is 23.7. The number of methoxy groups -OCH3 is 1. The van der Waals surface area contributed by atoms with E-state index in [1.54, 1.807) is 18.2 Å². The highest BCUT2D eigenvalue weighted by molar-refractivity contribution is 6.40. The van der Waals surface area contributed by atoms with Crippen LogP contribution in [-0.2, 0) is 14.3 Å². The fourth-order valence-corrected chi connectivity index (χ4v) is 2.03. The van der Waals surface area contributed by atoms with Gasteiger partial charge in [0.1, 0.15) is 30.7 Å². The predicted octanol–water partition coefficient (Wildman–Crippen LogP) is -0.622. The molecule has 0 radical (unpaired) electrons. The molecule has 1 aromatic rings. The number of esters is 1. The summed E-state index contributed by atoms with van der Waals surface area (Å²) in [6.07, 6.45) is -2.95. The Morgan fingerprint density at radius 3 is 2.86 bits per heavy atom. The number of rotatable bonds is 5. The van der Waals surface area contributed by atoms with Gasteiger partial charge in [-0.25, -0.2) is 4.79 Å². The van der Waals surface area contributed by atoms with E-state index in [1.165, 1.54) is 13.2 Å². The van der Waals surface area contributed by atoms with Gasteiger partial charge >= 0.3 is 11.7 Å². The van der Waals surface area contributed by atoms with Gasteiger partial charge in [0.25, 0.3) is 0 Å². The molecule has 118 valence electrons. The third-order valence-electron chi connectivity index (χ3n) is 3.27. The number of carbonyl (C=O) groups is 1. The lowest BCUT2D eigenvalue weighted by Gasteiger charge is -2.13. The smallest absolute Gasteiger partial charge is 0.422 e. The van der Waals surface area contributed by atoms with Crippen LogP contribution >= 0.6 is 0 Å². The summed E-state index contributed by atoms with van der Waals surface area (Å²) in [4.78, 5) is 14.9. The highest BCUT2D eigenvalue weighted by Crippen LogP contribution is 2.16. The van der Waals surface area contributed by atoms with E-state index in [2.05, 4.69) is 4.79 Å². The van der Waals surface area contributed by atoms with Crippen LogP contribution in [0, 0.1) is 0 Å². The molecule has 0 bridgehead atoms. The number of ether oxygens (including phenoxy) is 3. The van der Waals surface area contributed by atoms with Crippen molar-refractivity contribution in [3.8, 4) is 5.75 Å². The number of carbonyl (C=O) groups excluding carboxylic acids is 1. The second-order valence-corrected chi connectivity index (χ2v) is 4.71. The van der Waals surface area contributed by atoms with E-state index in [-0.39, 0.29) is 18.9 Å². The van der Waals surface area contributed by atoms with Gasteiger partial charge in [0.05, 0.1) is 19.3 Å². The van der Waals surface area contributed by atoms with Crippen LogP contribution in [0.3, 0.4) is 0 Å². The molecule has 1 heterocycles. The third kappa shape index (κ3) is 3.49. The van der Waals surface area contributed by atoms with Gasteiger partial charge in [0, 0.05) is 0 Å². The molecular formula is C14H16N2O6. The summed E-state index contributed by atoms with van der Waals surface area (Å²) < 4.78 is 15.1. The third-order valence-corrected chi connectivity index (χ3v) is 3.27. The van der Waals surface area contributed by atoms with Gasteiger partial charge in [-0.3, -0.25) is 0 Å². The zero-order valence-corrected chi connectivity index (χ0v) is 11.9. The van der Waals surface area contributed by atoms with Crippen molar-refractivity contribution >= 4 is 11.7 Å². The van der Waals surface area contributed by atoms with E-state index in [0.717, 1.165) is 0 Å². The Labute approximate surface area is 126 Å². The zero-order chi connectivity index (χ0) is 16.1. The molecule has 8 heteroatoms. The van der Waals surface area contributed by atoms with E-state index in [4.69, 9.17) is 19.7 Å². The molecule has 22 heavy (non-hydrogen) atoms. The van der Waals surface area contributed by atoms with Crippen LogP contribution in [0.1, 0.15) is 5.56 Å². The summed E-state index contributed by atoms with van der Waals surface area (Å²) in [5, 5.41) is 18.9. The maximum absolute atomic E-state index is 12.0. The lowest BCUT2D eigenvalue weighted by Crippen LogP contribution is -2.34. The summed E-state index contributed by atoms with van der Waals surface area (Å²) in [5.41, 5.74) is 9.05. The van der Waals surface area contributed by atoms with Crippen LogP contribution in [0.5, 0.6) is 5.75 Å². The Balaban J connectivity index is 2.02. The molecule has 0 saturated carbocycles. The Bertz CT molecular complexity index is 599. The fraction of sp³-hybridized carbons (Fsp3) is 0.429. The zero-order valence-electron chi connectivity index (χ0n) is 11.9. The van der Waals surface area contributed by atoms with Crippen molar-refractivity contribution in [3.63, 3.8) is 0 Å². The van der Waals surface area contributed by atoms with Crippen LogP contribution in [0.15, 0.2) is 24.3 Å². The molecule has 1 saturated heterocycles. The topological polar surface area (TPSA) is 122 Å². The maximum atomic E-state index is 12.0. The predicted molar refractivity (Wildman–Crippen MR) is 73.4 cm³/mol. The monoisotopic (exact) mass is 308 g/mol. The Hall–Kier alpha value is -2.25. The first-order chi connectivity index (χ1) is 10.6. The van der Waals surface area contributed by atoms with Gasteiger partial charge in [-0.15, -0.1) is 0 Å². The first kappa shape index (κ1) is 16.1. The first-order valence-corrected chi connectivity index (χ1v) is 6.58. The molecule has 0 aliphatic carbocycles. The summed E-state index contributed by atoms with van der Waals surface area (Å²) in [5.74, 6) is -0.392. The van der Waals surface area contributed by atoms with Crippen molar-refractivity contribution in [2.24, 2.45) is 0 Å². The van der Waals surface area contributed by atoms with Crippen molar-refractivity contribution < 1.29 is 34.0 Å². The minimum atomic E-state index is -1.13. The molecule has 2 rings (SSSR count). The molecule has 8 nitrogen and oxygen atoms in total. The number of hydrogen-bond acceptors (Lipinski definition) is 6. The number of aliphatic hydroxyl groups is 2. The lowest BCUT2D eigenvalue weighted by atomic mass is 10.1. The van der Waals surface area contributed by atoms with Crippen LogP contribution in [0.4, 0.5) is 0 Å². The molecular weight excluding hydrogens is 292 g/mol. The van der Waals surface area contributed by atoms with Crippen molar-refractivity contribution in [3.05, 3.63) is 35.4 Å². The van der Waals surface area contributed by atoms with Crippen molar-refractivity contribution in [1.82, 2.24) is 0 Å². The highest BCUT2D eigenvalue weighted by atomic mass is 16.6. The van der Waals surface area contributed by atoms with Gasteiger partial charge < -0.3 is 30.0 Å². The lowest BCUT2D eigenvalue weighted by molar-refractivity contribution is -0.144. The molecule has 1 aliphatic heterocycles. The van der Waals surface area contributed by atoms with Crippen molar-refractivity contribution in [2.75, 3.05) is 20.3 Å². The number of nitrogens with zero attached hydrogens (tertiary/aromatic N) is 2. The van der Waals surface area contributed by atoms with Crippen LogP contribution in [0.2, 0.25) is 0 Å². The molecule has 2 N–H and O–H groups in total. The minimum Gasteiger partial charge on any atom is -0.497 e. The van der Waals surface area contributed by atoms with Gasteiger partial charge in [-0.2, -0.15) is 4.79 Å². The van der Waals surface area contributed by atoms with E-state index >= 15 is 0 Å². The van der Waals surface area contributed by atoms with E-state index in [1.807, 2.05) is 0 Å². The van der Waals surface area contributed by atoms with Crippen LogP contribution in [0.25, 0.3) is 5.53 Å². The molecule has 0 amide bonds. The highest BCUT2D eigenvalue weighted by Gasteiger charge is 2.36. The van der Waals surface area contributed by atoms with E-state index in [0.29, 0.717) is 11.3 Å². The molecule has 0 unspecified atom stereocenters. The summed E-state index contributed by atoms with van der Waals surface area (Å²) >= 11 is 0. The average molecular weight is 308 g/mol. The standard InChI is InChI=1S/C14H16N2O6/c1-20-9-4-2-3-8(5-9)12(16-15)14(19)22-7-11-13(18)10(17)6-21-11/h2-5,10-11,13,17-18H,6-7H2,1H3/t10-,11-,13+/m1/s1. The molecule has 0 spiro atoms. The maximum Gasteiger partial charge on any atom is 0.422 e. The van der Waals surface area contributed by atoms with Gasteiger partial charge in [0.15, 0.2) is 0 Å². The second kappa shape index (κ2) is 7.15. The van der Waals surface area contributed by atoms with Crippen molar-refractivity contribution in [1.29, 1.82) is 0 Å². The Morgan fingerprint density at radius 1 is 1.50 bits per heavy atom. The van der Waals surface area contributed by atoms with Gasteiger partial charge in [0.2, 0.25) is 0 Å². The molecule has 3 atom stereocenters. The number of aliphatic hydroxyl groups excluding tert-OH is 2. The summed E-state index contributed by atoms with van der Waals surface area (Å²) in [6.45, 7) is -0.291. The van der Waals surface area contributed by atoms with Gasteiger partial charge in [-0.1, -0.05) is 6.07 Å². The van der Waals surface area contributed by atoms with Crippen LogP contribution in [-0.4, -0.2) is 65.3 Å². The van der Waals surface area contributed by atoms with Crippen LogP contribution < -0.4 is 4.74 Å². The second-order valence-electron chi connectivity index (χ2n) is 4.71. The van der Waals surface area contributed by atoms with Gasteiger partial charge in [-0.05, 0) is 18.2 Å². The average Bonchev–Trinajstić information content (AvgIpc) is 2.85. The number of hydrogen-bond donors (Lipinski definition) is 2. The first-order valence-electron chi connectivity index (χ1n) is 6.58. The summed E-state index contributed by atoms with van der Waals surface area (Å²) in [6, 6.07) is 6.38. The Kier molecular flexibility index (Phi) is 5.24. The minimum absolute atomic E-state index is 0.0276. The van der Waals surface area contributed by atoms with E-state index < -0.39 is 24.3 Å². The van der Waals surface area contributed by atoms with E-state index in [9.17, 15) is 15.0 Å². The molecule has 1 fully saturated rings. The number of benzene rings is 1. The largest absolute Gasteiger partial charge is 0.497 e. The Morgan fingerprint density at radius 2 is 2.27 bits per heavy atom. The summed E-state index contributed by atoms with van der Waals surface area (Å²) in [7, 11) is 1.47. The quantitative estimate of drug-likeness (QED) is 0.323. The van der Waals surface area contributed by atoms with Crippen molar-refractivity contribution in [2.45, 2.75) is 18.3 Å². The molecule has 0 aromatic heterocycles. The molecule has 1 aromatic carbocycles. The molecule has 1 aliphatic rings.